The van der Waals surface area contributed by atoms with E-state index in [2.05, 4.69) is 18.8 Å². The highest BCUT2D eigenvalue weighted by atomic mass is 16.1. The number of hydrogen-bond donors (Lipinski definition) is 1. The molecule has 112 valence electrons. The van der Waals surface area contributed by atoms with Gasteiger partial charge in [-0.25, -0.2) is 4.98 Å². The monoisotopic (exact) mass is 286 g/mol. The van der Waals surface area contributed by atoms with Crippen molar-refractivity contribution in [1.29, 1.82) is 0 Å². The van der Waals surface area contributed by atoms with Crippen LogP contribution in [0.2, 0.25) is 0 Å². The molecule has 0 atom stereocenters. The summed E-state index contributed by atoms with van der Waals surface area (Å²) in [6, 6.07) is 7.78. The third-order valence-electron chi connectivity index (χ3n) is 3.35. The van der Waals surface area contributed by atoms with Gasteiger partial charge in [0.15, 0.2) is 5.82 Å². The van der Waals surface area contributed by atoms with Gasteiger partial charge in [0.2, 0.25) is 0 Å². The summed E-state index contributed by atoms with van der Waals surface area (Å²) >= 11 is 0. The molecule has 2 N–H and O–H groups in total. The van der Waals surface area contributed by atoms with Gasteiger partial charge in [0.25, 0.3) is 5.56 Å². The van der Waals surface area contributed by atoms with Crippen molar-refractivity contribution >= 4 is 11.5 Å². The first-order valence-corrected chi connectivity index (χ1v) is 7.11. The summed E-state index contributed by atoms with van der Waals surface area (Å²) in [5.74, 6) is 0.818. The largest absolute Gasteiger partial charge is 0.326 e. The predicted octanol–water partition coefficient (Wildman–Crippen LogP) is 2.13. The van der Waals surface area contributed by atoms with Gasteiger partial charge in [0, 0.05) is 38.2 Å². The van der Waals surface area contributed by atoms with Crippen LogP contribution in [0.3, 0.4) is 0 Å². The number of nitrogens with zero attached hydrogens (tertiary/aromatic N) is 3. The zero-order valence-electron chi connectivity index (χ0n) is 12.8. The molecule has 5 nitrogen and oxygen atoms in total. The molecule has 0 radical (unpaired) electrons. The van der Waals surface area contributed by atoms with Crippen molar-refractivity contribution in [3.05, 3.63) is 52.6 Å². The van der Waals surface area contributed by atoms with Gasteiger partial charge in [0.05, 0.1) is 0 Å². The van der Waals surface area contributed by atoms with Gasteiger partial charge in [0.1, 0.15) is 0 Å². The molecule has 0 bridgehead atoms. The maximum Gasteiger partial charge on any atom is 0.293 e. The second-order valence-corrected chi connectivity index (χ2v) is 5.49. The Bertz CT molecular complexity index is 663. The minimum atomic E-state index is -0.0828. The lowest BCUT2D eigenvalue weighted by Gasteiger charge is -2.21. The number of para-hydroxylation sites is 1. The minimum Gasteiger partial charge on any atom is -0.326 e. The van der Waals surface area contributed by atoms with Gasteiger partial charge < -0.3 is 15.2 Å². The second-order valence-electron chi connectivity index (χ2n) is 5.49. The van der Waals surface area contributed by atoms with E-state index in [-0.39, 0.29) is 5.56 Å². The van der Waals surface area contributed by atoms with Crippen LogP contribution in [0.15, 0.2) is 41.5 Å². The van der Waals surface area contributed by atoms with Crippen LogP contribution in [0.1, 0.15) is 19.4 Å². The Labute approximate surface area is 125 Å². The third-order valence-corrected chi connectivity index (χ3v) is 3.35. The maximum absolute atomic E-state index is 12.5. The van der Waals surface area contributed by atoms with Crippen LogP contribution >= 0.6 is 0 Å². The predicted molar refractivity (Wildman–Crippen MR) is 85.7 cm³/mol. The van der Waals surface area contributed by atoms with Gasteiger partial charge in [-0.1, -0.05) is 32.0 Å². The van der Waals surface area contributed by atoms with Crippen molar-refractivity contribution in [2.24, 2.45) is 11.7 Å². The standard InChI is InChI=1S/C16H22N4O/c1-12(2)11-20-9-8-18-15(16(20)21)19(3)14-7-5-4-6-13(14)10-17/h4-9,12H,10-11,17H2,1-3H3. The molecule has 0 fully saturated rings. The summed E-state index contributed by atoms with van der Waals surface area (Å²) in [6.45, 7) is 5.27. The van der Waals surface area contributed by atoms with E-state index in [1.165, 1.54) is 0 Å². The summed E-state index contributed by atoms with van der Waals surface area (Å²) in [5.41, 5.74) is 7.58. The van der Waals surface area contributed by atoms with Crippen molar-refractivity contribution in [2.75, 3.05) is 11.9 Å². The average Bonchev–Trinajstić information content (AvgIpc) is 2.48. The second kappa shape index (κ2) is 6.54. The molecule has 2 rings (SSSR count). The Kier molecular flexibility index (Phi) is 4.75. The summed E-state index contributed by atoms with van der Waals surface area (Å²) in [7, 11) is 1.85. The quantitative estimate of drug-likeness (QED) is 0.914. The van der Waals surface area contributed by atoms with E-state index in [0.717, 1.165) is 11.3 Å². The van der Waals surface area contributed by atoms with E-state index in [4.69, 9.17) is 5.73 Å². The highest BCUT2D eigenvalue weighted by Gasteiger charge is 2.14. The van der Waals surface area contributed by atoms with E-state index in [1.54, 1.807) is 21.9 Å². The molecule has 21 heavy (non-hydrogen) atoms. The van der Waals surface area contributed by atoms with Crippen LogP contribution in [0.25, 0.3) is 0 Å². The molecule has 1 aromatic heterocycles. The molecule has 0 spiro atoms. The fraction of sp³-hybridized carbons (Fsp3) is 0.375. The molecule has 0 unspecified atom stereocenters. The van der Waals surface area contributed by atoms with Crippen LogP contribution in [-0.2, 0) is 13.1 Å². The molecule has 0 saturated heterocycles. The van der Waals surface area contributed by atoms with Crippen LogP contribution < -0.4 is 16.2 Å². The average molecular weight is 286 g/mol. The van der Waals surface area contributed by atoms with E-state index >= 15 is 0 Å². The fourth-order valence-corrected chi connectivity index (χ4v) is 2.33. The van der Waals surface area contributed by atoms with Gasteiger partial charge in [-0.15, -0.1) is 0 Å². The van der Waals surface area contributed by atoms with Gasteiger partial charge >= 0.3 is 0 Å². The summed E-state index contributed by atoms with van der Waals surface area (Å²) in [5, 5.41) is 0. The Balaban J connectivity index is 2.44. The van der Waals surface area contributed by atoms with Crippen molar-refractivity contribution in [1.82, 2.24) is 9.55 Å². The lowest BCUT2D eigenvalue weighted by Crippen LogP contribution is -2.29. The van der Waals surface area contributed by atoms with Crippen molar-refractivity contribution in [2.45, 2.75) is 26.9 Å². The molecule has 0 aliphatic rings. The number of hydrogen-bond acceptors (Lipinski definition) is 4. The number of anilines is 2. The molecule has 1 aromatic carbocycles. The van der Waals surface area contributed by atoms with E-state index in [1.807, 2.05) is 31.3 Å². The first-order chi connectivity index (χ1) is 10.0. The third kappa shape index (κ3) is 3.31. The lowest BCUT2D eigenvalue weighted by atomic mass is 10.1. The number of rotatable bonds is 5. The van der Waals surface area contributed by atoms with E-state index in [0.29, 0.717) is 24.8 Å². The zero-order chi connectivity index (χ0) is 15.4. The molecule has 0 amide bonds. The fourth-order valence-electron chi connectivity index (χ4n) is 2.33. The van der Waals surface area contributed by atoms with E-state index < -0.39 is 0 Å². The normalized spacial score (nSPS) is 10.9. The van der Waals surface area contributed by atoms with Crippen LogP contribution in [0.4, 0.5) is 11.5 Å². The summed E-state index contributed by atoms with van der Waals surface area (Å²) in [4.78, 5) is 18.6. The smallest absolute Gasteiger partial charge is 0.293 e. The Hall–Kier alpha value is -2.14. The molecular formula is C16H22N4O. The molecular weight excluding hydrogens is 264 g/mol. The Morgan fingerprint density at radius 3 is 2.71 bits per heavy atom. The summed E-state index contributed by atoms with van der Waals surface area (Å²) in [6.07, 6.45) is 3.40. The number of nitrogens with two attached hydrogens (primary N) is 1. The number of aromatic nitrogens is 2. The number of benzene rings is 1. The first-order valence-electron chi connectivity index (χ1n) is 7.11. The minimum absolute atomic E-state index is 0.0828. The van der Waals surface area contributed by atoms with E-state index in [9.17, 15) is 4.79 Å². The summed E-state index contributed by atoms with van der Waals surface area (Å²) < 4.78 is 1.70. The highest BCUT2D eigenvalue weighted by Crippen LogP contribution is 2.23. The van der Waals surface area contributed by atoms with Crippen molar-refractivity contribution in [3.8, 4) is 0 Å². The first kappa shape index (κ1) is 15.3. The maximum atomic E-state index is 12.5. The topological polar surface area (TPSA) is 64.2 Å². The Morgan fingerprint density at radius 1 is 1.33 bits per heavy atom. The van der Waals surface area contributed by atoms with Crippen molar-refractivity contribution in [3.63, 3.8) is 0 Å². The molecule has 0 aliphatic carbocycles. The SMILES string of the molecule is CC(C)Cn1ccnc(N(C)c2ccccc2CN)c1=O. The molecule has 1 heterocycles. The van der Waals surface area contributed by atoms with Crippen LogP contribution in [-0.4, -0.2) is 16.6 Å². The molecule has 5 heteroatoms. The molecule has 0 saturated carbocycles. The molecule has 0 aliphatic heterocycles. The van der Waals surface area contributed by atoms with Gasteiger partial charge in [-0.2, -0.15) is 0 Å². The van der Waals surface area contributed by atoms with Crippen LogP contribution in [0, 0.1) is 5.92 Å². The zero-order valence-corrected chi connectivity index (χ0v) is 12.8. The van der Waals surface area contributed by atoms with Gasteiger partial charge in [-0.05, 0) is 17.5 Å². The van der Waals surface area contributed by atoms with Gasteiger partial charge in [-0.3, -0.25) is 4.79 Å². The highest BCUT2D eigenvalue weighted by molar-refractivity contribution is 5.62. The Morgan fingerprint density at radius 2 is 2.05 bits per heavy atom. The molecule has 2 aromatic rings. The van der Waals surface area contributed by atoms with Crippen LogP contribution in [0.5, 0.6) is 0 Å². The van der Waals surface area contributed by atoms with Crippen molar-refractivity contribution < 1.29 is 0 Å². The lowest BCUT2D eigenvalue weighted by molar-refractivity contribution is 0.509.